The summed E-state index contributed by atoms with van der Waals surface area (Å²) < 4.78 is 7.94. The number of H-pyrrole nitrogens is 1. The van der Waals surface area contributed by atoms with Gasteiger partial charge in [0.2, 0.25) is 4.77 Å². The summed E-state index contributed by atoms with van der Waals surface area (Å²) >= 11 is 5.20. The van der Waals surface area contributed by atoms with Crippen LogP contribution in [0.3, 0.4) is 0 Å². The molecule has 1 N–H and O–H groups in total. The van der Waals surface area contributed by atoms with E-state index >= 15 is 0 Å². The second-order valence-electron chi connectivity index (χ2n) is 6.38. The second kappa shape index (κ2) is 6.44. The van der Waals surface area contributed by atoms with Crippen molar-refractivity contribution in [2.45, 2.75) is 46.1 Å². The van der Waals surface area contributed by atoms with Crippen molar-refractivity contribution in [3.05, 3.63) is 40.4 Å². The smallest absolute Gasteiger partial charge is 0.216 e. The number of benzene rings is 1. The molecule has 6 heteroatoms. The fourth-order valence-electron chi connectivity index (χ4n) is 1.89. The van der Waals surface area contributed by atoms with Gasteiger partial charge in [0.1, 0.15) is 11.4 Å². The van der Waals surface area contributed by atoms with E-state index in [0.29, 0.717) is 4.77 Å². The monoisotopic (exact) mass is 318 g/mol. The third kappa shape index (κ3) is 4.27. The predicted molar refractivity (Wildman–Crippen MR) is 91.3 cm³/mol. The van der Waals surface area contributed by atoms with E-state index in [1.807, 2.05) is 45.0 Å². The van der Waals surface area contributed by atoms with Gasteiger partial charge < -0.3 is 4.74 Å². The van der Waals surface area contributed by atoms with Gasteiger partial charge in [0.25, 0.3) is 0 Å². The lowest BCUT2D eigenvalue weighted by molar-refractivity contribution is 0.131. The van der Waals surface area contributed by atoms with E-state index in [9.17, 15) is 0 Å². The number of aromatic nitrogens is 3. The minimum atomic E-state index is -0.203. The summed E-state index contributed by atoms with van der Waals surface area (Å²) in [5, 5.41) is 11.4. The first-order valence-corrected chi connectivity index (χ1v) is 7.68. The van der Waals surface area contributed by atoms with Crippen molar-refractivity contribution in [2.75, 3.05) is 0 Å². The molecule has 118 valence electrons. The lowest BCUT2D eigenvalue weighted by Gasteiger charge is -2.21. The van der Waals surface area contributed by atoms with Gasteiger partial charge in [0.15, 0.2) is 5.82 Å². The fourth-order valence-corrected chi connectivity index (χ4v) is 2.08. The van der Waals surface area contributed by atoms with Crippen LogP contribution in [0.25, 0.3) is 0 Å². The van der Waals surface area contributed by atoms with Crippen molar-refractivity contribution in [3.8, 4) is 5.75 Å². The maximum absolute atomic E-state index is 5.80. The number of nitrogens with zero attached hydrogens (tertiary/aromatic N) is 3. The molecule has 2 rings (SSSR count). The first-order chi connectivity index (χ1) is 10.3. The molecule has 5 nitrogen and oxygen atoms in total. The van der Waals surface area contributed by atoms with Crippen LogP contribution in [0.2, 0.25) is 0 Å². The van der Waals surface area contributed by atoms with Crippen LogP contribution < -0.4 is 4.74 Å². The Bertz CT molecular complexity index is 705. The molecule has 0 saturated carbocycles. The number of hydrogen-bond acceptors (Lipinski definition) is 4. The van der Waals surface area contributed by atoms with E-state index in [-0.39, 0.29) is 11.5 Å². The summed E-state index contributed by atoms with van der Waals surface area (Å²) in [6.45, 7) is 10.2. The third-order valence-electron chi connectivity index (χ3n) is 2.82. The first kappa shape index (κ1) is 16.4. The highest BCUT2D eigenvalue weighted by Crippen LogP contribution is 2.18. The normalized spacial score (nSPS) is 12.3. The van der Waals surface area contributed by atoms with E-state index in [1.54, 1.807) is 10.9 Å². The number of ether oxygens (including phenoxy) is 1. The summed E-state index contributed by atoms with van der Waals surface area (Å²) in [6.07, 6.45) is 1.76. The van der Waals surface area contributed by atoms with Crippen LogP contribution in [0.5, 0.6) is 5.75 Å². The summed E-state index contributed by atoms with van der Waals surface area (Å²) in [5.41, 5.74) is 0.769. The van der Waals surface area contributed by atoms with E-state index in [1.165, 1.54) is 0 Å². The molecule has 0 saturated heterocycles. The summed E-state index contributed by atoms with van der Waals surface area (Å²) in [7, 11) is 0. The number of rotatable bonds is 4. The van der Waals surface area contributed by atoms with Crippen molar-refractivity contribution in [3.63, 3.8) is 0 Å². The van der Waals surface area contributed by atoms with E-state index in [0.717, 1.165) is 17.1 Å². The number of nitrogens with one attached hydrogen (secondary N) is 1. The zero-order valence-electron chi connectivity index (χ0n) is 13.6. The number of hydrogen-bond donors (Lipinski definition) is 1. The molecule has 0 amide bonds. The lowest BCUT2D eigenvalue weighted by atomic mass is 10.2. The van der Waals surface area contributed by atoms with Crippen molar-refractivity contribution < 1.29 is 4.74 Å². The average molecular weight is 318 g/mol. The van der Waals surface area contributed by atoms with Gasteiger partial charge >= 0.3 is 0 Å². The topological polar surface area (TPSA) is 55.2 Å². The van der Waals surface area contributed by atoms with Crippen molar-refractivity contribution in [2.24, 2.45) is 5.10 Å². The average Bonchev–Trinajstić information content (AvgIpc) is 2.78. The molecule has 1 heterocycles. The highest BCUT2D eigenvalue weighted by molar-refractivity contribution is 7.71. The Morgan fingerprint density at radius 1 is 1.27 bits per heavy atom. The Morgan fingerprint density at radius 3 is 2.45 bits per heavy atom. The second-order valence-corrected chi connectivity index (χ2v) is 6.77. The Labute approximate surface area is 136 Å². The molecule has 0 bridgehead atoms. The molecule has 1 aromatic heterocycles. The zero-order chi connectivity index (χ0) is 16.3. The quantitative estimate of drug-likeness (QED) is 0.681. The standard InChI is InChI=1S/C16H22N4OS/c1-11(2)14-18-19-15(22)20(14)17-10-12-6-8-13(9-7-12)21-16(3,4)5/h6-11H,1-5H3,(H,19,22)/b17-10-. The van der Waals surface area contributed by atoms with Gasteiger partial charge in [-0.05, 0) is 62.8 Å². The molecule has 0 atom stereocenters. The van der Waals surface area contributed by atoms with E-state index < -0.39 is 0 Å². The molecule has 22 heavy (non-hydrogen) atoms. The third-order valence-corrected chi connectivity index (χ3v) is 3.08. The molecule has 0 spiro atoms. The molecule has 2 aromatic rings. The summed E-state index contributed by atoms with van der Waals surface area (Å²) in [6, 6.07) is 7.79. The van der Waals surface area contributed by atoms with Gasteiger partial charge in [-0.3, -0.25) is 5.10 Å². The molecule has 0 aliphatic heterocycles. The molecule has 0 fully saturated rings. The van der Waals surface area contributed by atoms with Crippen LogP contribution in [0.1, 0.15) is 51.9 Å². The van der Waals surface area contributed by atoms with Gasteiger partial charge in [-0.25, -0.2) is 0 Å². The fraction of sp³-hybridized carbons (Fsp3) is 0.438. The van der Waals surface area contributed by atoms with Crippen molar-refractivity contribution in [1.82, 2.24) is 14.9 Å². The van der Waals surface area contributed by atoms with Gasteiger partial charge in [-0.2, -0.15) is 14.9 Å². The van der Waals surface area contributed by atoms with Crippen LogP contribution in [-0.4, -0.2) is 26.7 Å². The summed E-state index contributed by atoms with van der Waals surface area (Å²) in [4.78, 5) is 0. The molecule has 0 unspecified atom stereocenters. The van der Waals surface area contributed by atoms with Gasteiger partial charge in [-0.1, -0.05) is 13.8 Å². The lowest BCUT2D eigenvalue weighted by Crippen LogP contribution is -2.22. The van der Waals surface area contributed by atoms with Crippen LogP contribution >= 0.6 is 12.2 Å². The SMILES string of the molecule is CC(C)c1n[nH]c(=S)n1/N=C\c1ccc(OC(C)(C)C)cc1. The molecule has 0 aliphatic carbocycles. The van der Waals surface area contributed by atoms with E-state index in [2.05, 4.69) is 29.1 Å². The molecule has 0 radical (unpaired) electrons. The first-order valence-electron chi connectivity index (χ1n) is 7.27. The molecular weight excluding hydrogens is 296 g/mol. The zero-order valence-corrected chi connectivity index (χ0v) is 14.4. The van der Waals surface area contributed by atoms with Gasteiger partial charge in [0, 0.05) is 5.92 Å². The molecular formula is C16H22N4OS. The Morgan fingerprint density at radius 2 is 1.91 bits per heavy atom. The number of aromatic amines is 1. The van der Waals surface area contributed by atoms with Crippen LogP contribution in [0.4, 0.5) is 0 Å². The maximum atomic E-state index is 5.80. The van der Waals surface area contributed by atoms with Crippen LogP contribution in [-0.2, 0) is 0 Å². The minimum absolute atomic E-state index is 0.203. The Kier molecular flexibility index (Phi) is 4.81. The van der Waals surface area contributed by atoms with E-state index in [4.69, 9.17) is 17.0 Å². The van der Waals surface area contributed by atoms with Gasteiger partial charge in [-0.15, -0.1) is 0 Å². The highest BCUT2D eigenvalue weighted by Gasteiger charge is 2.11. The Balaban J connectivity index is 2.18. The van der Waals surface area contributed by atoms with Crippen molar-refractivity contribution >= 4 is 18.4 Å². The van der Waals surface area contributed by atoms with Crippen LogP contribution in [0, 0.1) is 4.77 Å². The van der Waals surface area contributed by atoms with Crippen LogP contribution in [0.15, 0.2) is 29.4 Å². The molecule has 0 aliphatic rings. The highest BCUT2D eigenvalue weighted by atomic mass is 32.1. The Hall–Kier alpha value is -1.95. The predicted octanol–water partition coefficient (Wildman–Crippen LogP) is 4.12. The minimum Gasteiger partial charge on any atom is -0.488 e. The molecule has 1 aromatic carbocycles. The summed E-state index contributed by atoms with van der Waals surface area (Å²) in [5.74, 6) is 1.90. The largest absolute Gasteiger partial charge is 0.488 e. The van der Waals surface area contributed by atoms with Crippen molar-refractivity contribution in [1.29, 1.82) is 0 Å². The maximum Gasteiger partial charge on any atom is 0.216 e. The van der Waals surface area contributed by atoms with Gasteiger partial charge in [0.05, 0.1) is 6.21 Å².